The molecule has 0 unspecified atom stereocenters. The summed E-state index contributed by atoms with van der Waals surface area (Å²) in [5.74, 6) is 2.25. The van der Waals surface area contributed by atoms with Crippen LogP contribution >= 0.6 is 0 Å². The Kier molecular flexibility index (Phi) is 5.67. The Balaban J connectivity index is 1.39. The van der Waals surface area contributed by atoms with E-state index in [1.807, 2.05) is 24.4 Å². The molecule has 1 N–H and O–H groups in total. The first-order valence-corrected chi connectivity index (χ1v) is 11.3. The summed E-state index contributed by atoms with van der Waals surface area (Å²) in [6.07, 6.45) is 10.5. The van der Waals surface area contributed by atoms with Gasteiger partial charge in [-0.15, -0.1) is 0 Å². The van der Waals surface area contributed by atoms with E-state index in [4.69, 9.17) is 14.2 Å². The summed E-state index contributed by atoms with van der Waals surface area (Å²) < 4.78 is 18.1. The van der Waals surface area contributed by atoms with E-state index < -0.39 is 0 Å². The van der Waals surface area contributed by atoms with Crippen LogP contribution in [0.4, 0.5) is 0 Å². The van der Waals surface area contributed by atoms with Gasteiger partial charge in [0.25, 0.3) is 0 Å². The van der Waals surface area contributed by atoms with Crippen molar-refractivity contribution in [2.75, 3.05) is 33.4 Å². The molecule has 3 heterocycles. The van der Waals surface area contributed by atoms with E-state index in [9.17, 15) is 0 Å². The highest BCUT2D eigenvalue weighted by atomic mass is 16.5. The maximum Gasteiger partial charge on any atom is 0.223 e. The molecule has 30 heavy (non-hydrogen) atoms. The first-order chi connectivity index (χ1) is 14.8. The van der Waals surface area contributed by atoms with Gasteiger partial charge >= 0.3 is 0 Å². The van der Waals surface area contributed by atoms with Crippen LogP contribution in [-0.2, 0) is 0 Å². The highest BCUT2D eigenvalue weighted by molar-refractivity contribution is 6.10. The average Bonchev–Trinajstić information content (AvgIpc) is 3.51. The molecule has 160 valence electrons. The maximum atomic E-state index is 6.28. The molecule has 6 heteroatoms. The molecule has 0 bridgehead atoms. The molecule has 5 rings (SSSR count). The van der Waals surface area contributed by atoms with E-state index in [0.717, 1.165) is 59.1 Å². The Morgan fingerprint density at radius 3 is 2.70 bits per heavy atom. The molecule has 1 aliphatic heterocycles. The fraction of sp³-hybridized carbons (Fsp3) is 0.542. The van der Waals surface area contributed by atoms with E-state index in [2.05, 4.69) is 14.9 Å². The molecule has 0 atom stereocenters. The Morgan fingerprint density at radius 2 is 1.90 bits per heavy atom. The van der Waals surface area contributed by atoms with Crippen molar-refractivity contribution in [2.24, 2.45) is 0 Å². The summed E-state index contributed by atoms with van der Waals surface area (Å²) in [6, 6.07) is 6.09. The second-order valence-electron chi connectivity index (χ2n) is 8.49. The summed E-state index contributed by atoms with van der Waals surface area (Å²) in [5.41, 5.74) is 2.05. The molecule has 2 fully saturated rings. The predicted octanol–water partition coefficient (Wildman–Crippen LogP) is 4.91. The van der Waals surface area contributed by atoms with Gasteiger partial charge in [-0.2, -0.15) is 0 Å². The first kappa shape index (κ1) is 19.5. The lowest BCUT2D eigenvalue weighted by atomic mass is 10.1. The smallest absolute Gasteiger partial charge is 0.223 e. The van der Waals surface area contributed by atoms with E-state index >= 15 is 0 Å². The molecule has 1 aromatic carbocycles. The lowest BCUT2D eigenvalue weighted by Gasteiger charge is -2.15. The van der Waals surface area contributed by atoms with Crippen molar-refractivity contribution in [3.05, 3.63) is 24.4 Å². The third kappa shape index (κ3) is 3.93. The van der Waals surface area contributed by atoms with Crippen molar-refractivity contribution in [1.82, 2.24) is 14.9 Å². The second-order valence-corrected chi connectivity index (χ2v) is 8.49. The number of H-pyrrole nitrogens is 1. The molecule has 2 aromatic heterocycles. The van der Waals surface area contributed by atoms with Gasteiger partial charge in [0.15, 0.2) is 11.5 Å². The number of aromatic nitrogens is 2. The summed E-state index contributed by atoms with van der Waals surface area (Å²) in [7, 11) is 1.70. The van der Waals surface area contributed by atoms with Crippen LogP contribution in [0.5, 0.6) is 17.4 Å². The number of hydrogen-bond donors (Lipinski definition) is 1. The molecule has 0 radical (unpaired) electrons. The molecule has 0 amide bonds. The van der Waals surface area contributed by atoms with Gasteiger partial charge in [-0.3, -0.25) is 0 Å². The van der Waals surface area contributed by atoms with Gasteiger partial charge in [-0.1, -0.05) is 0 Å². The van der Waals surface area contributed by atoms with Crippen LogP contribution in [0.3, 0.4) is 0 Å². The number of likely N-dealkylation sites (tertiary alicyclic amines) is 1. The van der Waals surface area contributed by atoms with Crippen molar-refractivity contribution >= 4 is 21.8 Å². The van der Waals surface area contributed by atoms with Crippen molar-refractivity contribution in [1.29, 1.82) is 0 Å². The van der Waals surface area contributed by atoms with Gasteiger partial charge in [0.2, 0.25) is 5.88 Å². The number of methoxy groups -OCH3 is 1. The molecule has 6 nitrogen and oxygen atoms in total. The van der Waals surface area contributed by atoms with Crippen LogP contribution in [0.25, 0.3) is 21.8 Å². The minimum atomic E-state index is 0.271. The lowest BCUT2D eigenvalue weighted by Crippen LogP contribution is -2.21. The average molecular weight is 410 g/mol. The van der Waals surface area contributed by atoms with Crippen LogP contribution in [0.15, 0.2) is 24.4 Å². The lowest BCUT2D eigenvalue weighted by molar-refractivity contribution is 0.204. The Hall–Kier alpha value is -2.47. The standard InChI is InChI=1S/C24H31N3O3/c1-28-21-15-18-20(16-22(21)29-14-6-13-27-11-4-5-12-27)26-19-9-10-25-24(23(18)19)30-17-7-2-3-8-17/h9-10,15-17,26H,2-8,11-14H2,1H3. The van der Waals surface area contributed by atoms with E-state index in [1.54, 1.807) is 7.11 Å². The second kappa shape index (κ2) is 8.72. The largest absolute Gasteiger partial charge is 0.493 e. The van der Waals surface area contributed by atoms with Crippen molar-refractivity contribution < 1.29 is 14.2 Å². The van der Waals surface area contributed by atoms with Crippen molar-refractivity contribution in [3.8, 4) is 17.4 Å². The molecule has 1 saturated heterocycles. The molecule has 3 aromatic rings. The number of hydrogen-bond acceptors (Lipinski definition) is 5. The SMILES string of the molecule is COc1cc2c(cc1OCCCN1CCCC1)[nH]c1ccnc(OC3CCCC3)c12. The zero-order chi connectivity index (χ0) is 20.3. The van der Waals surface area contributed by atoms with Crippen molar-refractivity contribution in [3.63, 3.8) is 0 Å². The first-order valence-electron chi connectivity index (χ1n) is 11.3. The summed E-state index contributed by atoms with van der Waals surface area (Å²) >= 11 is 0. The van der Waals surface area contributed by atoms with Gasteiger partial charge in [0, 0.05) is 24.2 Å². The number of nitrogens with one attached hydrogen (secondary N) is 1. The summed E-state index contributed by atoms with van der Waals surface area (Å²) in [5, 5.41) is 2.09. The third-order valence-corrected chi connectivity index (χ3v) is 6.41. The van der Waals surface area contributed by atoms with E-state index in [-0.39, 0.29) is 6.10 Å². The van der Waals surface area contributed by atoms with Crippen LogP contribution < -0.4 is 14.2 Å². The quantitative estimate of drug-likeness (QED) is 0.536. The van der Waals surface area contributed by atoms with Crippen LogP contribution in [0.1, 0.15) is 44.9 Å². The summed E-state index contributed by atoms with van der Waals surface area (Å²) in [6.45, 7) is 4.24. The number of rotatable bonds is 8. The maximum absolute atomic E-state index is 6.28. The fourth-order valence-electron chi connectivity index (χ4n) is 4.82. The topological polar surface area (TPSA) is 59.6 Å². The highest BCUT2D eigenvalue weighted by Gasteiger charge is 2.21. The number of nitrogens with zero attached hydrogens (tertiary/aromatic N) is 2. The zero-order valence-corrected chi connectivity index (χ0v) is 17.8. The minimum Gasteiger partial charge on any atom is -0.493 e. The van der Waals surface area contributed by atoms with Gasteiger partial charge in [0.05, 0.1) is 30.1 Å². The van der Waals surface area contributed by atoms with Crippen LogP contribution in [0.2, 0.25) is 0 Å². The van der Waals surface area contributed by atoms with Crippen LogP contribution in [0, 0.1) is 0 Å². The zero-order valence-electron chi connectivity index (χ0n) is 17.8. The van der Waals surface area contributed by atoms with Gasteiger partial charge in [-0.05, 0) is 70.2 Å². The minimum absolute atomic E-state index is 0.271. The summed E-state index contributed by atoms with van der Waals surface area (Å²) in [4.78, 5) is 10.6. The predicted molar refractivity (Wildman–Crippen MR) is 119 cm³/mol. The number of benzene rings is 1. The number of ether oxygens (including phenoxy) is 3. The van der Waals surface area contributed by atoms with Crippen LogP contribution in [-0.4, -0.2) is 54.3 Å². The Morgan fingerprint density at radius 1 is 1.07 bits per heavy atom. The molecule has 0 spiro atoms. The Labute approximate surface area is 177 Å². The highest BCUT2D eigenvalue weighted by Crippen LogP contribution is 2.39. The molecular formula is C24H31N3O3. The molecule has 1 saturated carbocycles. The van der Waals surface area contributed by atoms with E-state index in [1.165, 1.54) is 38.8 Å². The van der Waals surface area contributed by atoms with Gasteiger partial charge < -0.3 is 24.1 Å². The monoisotopic (exact) mass is 409 g/mol. The van der Waals surface area contributed by atoms with Crippen molar-refractivity contribution in [2.45, 2.75) is 51.0 Å². The molecular weight excluding hydrogens is 378 g/mol. The van der Waals surface area contributed by atoms with Gasteiger partial charge in [0.1, 0.15) is 6.10 Å². The van der Waals surface area contributed by atoms with E-state index in [0.29, 0.717) is 12.5 Å². The normalized spacial score (nSPS) is 17.9. The number of aromatic amines is 1. The number of pyridine rings is 1. The Bertz CT molecular complexity index is 1000. The molecule has 2 aliphatic rings. The fourth-order valence-corrected chi connectivity index (χ4v) is 4.82. The molecule has 1 aliphatic carbocycles. The third-order valence-electron chi connectivity index (χ3n) is 6.41. The van der Waals surface area contributed by atoms with Gasteiger partial charge in [-0.25, -0.2) is 4.98 Å². The number of fused-ring (bicyclic) bond motifs is 3.